The molecule has 2 atom stereocenters. The van der Waals surface area contributed by atoms with E-state index in [-0.39, 0.29) is 6.03 Å². The van der Waals surface area contributed by atoms with Gasteiger partial charge in [-0.25, -0.2) is 4.79 Å². The van der Waals surface area contributed by atoms with Crippen LogP contribution in [0.5, 0.6) is 0 Å². The Bertz CT molecular complexity index is 213. The van der Waals surface area contributed by atoms with Gasteiger partial charge in [-0.3, -0.25) is 0 Å². The Morgan fingerprint density at radius 3 is 3.07 bits per heavy atom. The molecule has 15 heavy (non-hydrogen) atoms. The first-order valence-electron chi connectivity index (χ1n) is 5.70. The lowest BCUT2D eigenvalue weighted by Crippen LogP contribution is -2.46. The Hall–Kier alpha value is -0.420. The van der Waals surface area contributed by atoms with Crippen molar-refractivity contribution in [2.75, 3.05) is 24.6 Å². The summed E-state index contributed by atoms with van der Waals surface area (Å²) in [5.41, 5.74) is 0. The van der Waals surface area contributed by atoms with Crippen molar-refractivity contribution in [2.24, 2.45) is 0 Å². The molecule has 4 nitrogen and oxygen atoms in total. The van der Waals surface area contributed by atoms with E-state index >= 15 is 0 Å². The molecule has 86 valence electrons. The van der Waals surface area contributed by atoms with Gasteiger partial charge in [-0.2, -0.15) is 11.8 Å². The molecule has 3 N–H and O–H groups in total. The van der Waals surface area contributed by atoms with Crippen LogP contribution in [-0.4, -0.2) is 42.7 Å². The minimum Gasteiger partial charge on any atom is -0.337 e. The third kappa shape index (κ3) is 3.57. The van der Waals surface area contributed by atoms with E-state index in [4.69, 9.17) is 0 Å². The number of carbonyl (C=O) groups excluding carboxylic acids is 1. The van der Waals surface area contributed by atoms with Gasteiger partial charge < -0.3 is 16.0 Å². The Morgan fingerprint density at radius 1 is 1.47 bits per heavy atom. The summed E-state index contributed by atoms with van der Waals surface area (Å²) in [6.07, 6.45) is 3.52. The van der Waals surface area contributed by atoms with E-state index in [1.807, 2.05) is 11.8 Å². The van der Waals surface area contributed by atoms with E-state index in [1.165, 1.54) is 18.6 Å². The molecule has 2 fully saturated rings. The van der Waals surface area contributed by atoms with E-state index in [0.717, 1.165) is 25.3 Å². The maximum absolute atomic E-state index is 11.5. The molecule has 0 aromatic rings. The van der Waals surface area contributed by atoms with Gasteiger partial charge in [0, 0.05) is 24.4 Å². The number of hydrogen-bond donors (Lipinski definition) is 3. The summed E-state index contributed by atoms with van der Waals surface area (Å²) in [5, 5.41) is 9.29. The maximum atomic E-state index is 11.5. The van der Waals surface area contributed by atoms with Crippen LogP contribution < -0.4 is 16.0 Å². The highest BCUT2D eigenvalue weighted by atomic mass is 32.2. The van der Waals surface area contributed by atoms with Crippen molar-refractivity contribution in [3.05, 3.63) is 0 Å². The molecule has 0 saturated carbocycles. The van der Waals surface area contributed by atoms with Gasteiger partial charge in [0.2, 0.25) is 0 Å². The second-order valence-corrected chi connectivity index (χ2v) is 5.36. The van der Waals surface area contributed by atoms with Crippen LogP contribution >= 0.6 is 11.8 Å². The summed E-state index contributed by atoms with van der Waals surface area (Å²) in [4.78, 5) is 11.5. The number of nitrogens with one attached hydrogen (secondary N) is 3. The monoisotopic (exact) mass is 229 g/mol. The third-order valence-corrected chi connectivity index (χ3v) is 4.10. The van der Waals surface area contributed by atoms with Crippen LogP contribution in [0, 0.1) is 0 Å². The van der Waals surface area contributed by atoms with Crippen LogP contribution in [0.15, 0.2) is 0 Å². The highest BCUT2D eigenvalue weighted by Crippen LogP contribution is 2.16. The summed E-state index contributed by atoms with van der Waals surface area (Å²) < 4.78 is 0. The number of rotatable bonds is 3. The maximum Gasteiger partial charge on any atom is 0.315 e. The van der Waals surface area contributed by atoms with E-state index < -0.39 is 0 Å². The summed E-state index contributed by atoms with van der Waals surface area (Å²) in [6.45, 7) is 1.85. The van der Waals surface area contributed by atoms with Gasteiger partial charge in [-0.05, 0) is 31.6 Å². The molecular formula is C10H19N3OS. The fourth-order valence-electron chi connectivity index (χ4n) is 2.03. The second kappa shape index (κ2) is 5.61. The van der Waals surface area contributed by atoms with E-state index in [1.54, 1.807) is 0 Å². The third-order valence-electron chi connectivity index (χ3n) is 2.94. The first-order valence-corrected chi connectivity index (χ1v) is 6.85. The zero-order valence-electron chi connectivity index (χ0n) is 8.92. The van der Waals surface area contributed by atoms with Gasteiger partial charge >= 0.3 is 6.03 Å². The highest BCUT2D eigenvalue weighted by Gasteiger charge is 2.18. The largest absolute Gasteiger partial charge is 0.337 e. The first-order chi connectivity index (χ1) is 7.34. The molecule has 2 unspecified atom stereocenters. The first kappa shape index (κ1) is 11.1. The number of hydrogen-bond acceptors (Lipinski definition) is 3. The second-order valence-electron chi connectivity index (χ2n) is 4.21. The molecule has 2 heterocycles. The van der Waals surface area contributed by atoms with Crippen molar-refractivity contribution in [2.45, 2.75) is 31.3 Å². The number of urea groups is 1. The average molecular weight is 229 g/mol. The summed E-state index contributed by atoms with van der Waals surface area (Å²) in [7, 11) is 0. The quantitative estimate of drug-likeness (QED) is 0.662. The predicted molar refractivity (Wildman–Crippen MR) is 63.3 cm³/mol. The minimum atomic E-state index is -0.00352. The van der Waals surface area contributed by atoms with Gasteiger partial charge in [0.05, 0.1) is 0 Å². The van der Waals surface area contributed by atoms with Crippen molar-refractivity contribution in [3.8, 4) is 0 Å². The standard InChI is InChI=1S/C10H19N3OS/c14-10(13-9-3-5-15-7-9)12-6-8-2-1-4-11-8/h8-9,11H,1-7H2,(H2,12,13,14). The van der Waals surface area contributed by atoms with Crippen LogP contribution in [0.4, 0.5) is 4.79 Å². The molecule has 0 aliphatic carbocycles. The van der Waals surface area contributed by atoms with E-state index in [2.05, 4.69) is 16.0 Å². The molecule has 0 aromatic heterocycles. The summed E-state index contributed by atoms with van der Waals surface area (Å²) in [5.74, 6) is 2.24. The van der Waals surface area contributed by atoms with Gasteiger partial charge in [0.25, 0.3) is 0 Å². The number of thioether (sulfide) groups is 1. The molecule has 2 amide bonds. The smallest absolute Gasteiger partial charge is 0.315 e. The zero-order valence-corrected chi connectivity index (χ0v) is 9.74. The lowest BCUT2D eigenvalue weighted by atomic mass is 10.2. The molecular weight excluding hydrogens is 210 g/mol. The molecule has 5 heteroatoms. The Labute approximate surface area is 94.9 Å². The average Bonchev–Trinajstić information content (AvgIpc) is 2.86. The molecule has 2 saturated heterocycles. The Balaban J connectivity index is 1.59. The molecule has 0 aromatic carbocycles. The lowest BCUT2D eigenvalue weighted by molar-refractivity contribution is 0.237. The summed E-state index contributed by atoms with van der Waals surface area (Å²) in [6, 6.07) is 0.858. The minimum absolute atomic E-state index is 0.00352. The topological polar surface area (TPSA) is 53.2 Å². The van der Waals surface area contributed by atoms with Gasteiger partial charge in [-0.1, -0.05) is 0 Å². The SMILES string of the molecule is O=C(NCC1CCCN1)NC1CCSC1. The van der Waals surface area contributed by atoms with E-state index in [0.29, 0.717) is 12.1 Å². The molecule has 2 aliphatic heterocycles. The van der Waals surface area contributed by atoms with Gasteiger partial charge in [0.15, 0.2) is 0 Å². The predicted octanol–water partition coefficient (Wildman–Crippen LogP) is 0.543. The fraction of sp³-hybridized carbons (Fsp3) is 0.900. The van der Waals surface area contributed by atoms with Crippen LogP contribution in [0.25, 0.3) is 0 Å². The molecule has 0 spiro atoms. The van der Waals surface area contributed by atoms with Crippen LogP contribution in [0.3, 0.4) is 0 Å². The summed E-state index contributed by atoms with van der Waals surface area (Å²) >= 11 is 1.91. The molecule has 2 aliphatic rings. The lowest BCUT2D eigenvalue weighted by Gasteiger charge is -2.15. The van der Waals surface area contributed by atoms with Crippen molar-refractivity contribution >= 4 is 17.8 Å². The van der Waals surface area contributed by atoms with Crippen molar-refractivity contribution in [1.29, 1.82) is 0 Å². The fourth-order valence-corrected chi connectivity index (χ4v) is 3.18. The normalized spacial score (nSPS) is 30.4. The molecule has 2 rings (SSSR count). The number of carbonyl (C=O) groups is 1. The Morgan fingerprint density at radius 2 is 2.40 bits per heavy atom. The van der Waals surface area contributed by atoms with Gasteiger partial charge in [-0.15, -0.1) is 0 Å². The molecule has 0 radical (unpaired) electrons. The number of amides is 2. The zero-order chi connectivity index (χ0) is 10.5. The van der Waals surface area contributed by atoms with Crippen molar-refractivity contribution < 1.29 is 4.79 Å². The molecule has 0 bridgehead atoms. The van der Waals surface area contributed by atoms with Crippen LogP contribution in [-0.2, 0) is 0 Å². The highest BCUT2D eigenvalue weighted by molar-refractivity contribution is 7.99. The Kier molecular flexibility index (Phi) is 4.14. The van der Waals surface area contributed by atoms with Gasteiger partial charge in [0.1, 0.15) is 0 Å². The van der Waals surface area contributed by atoms with E-state index in [9.17, 15) is 4.79 Å². The van der Waals surface area contributed by atoms with Crippen molar-refractivity contribution in [1.82, 2.24) is 16.0 Å². The van der Waals surface area contributed by atoms with Crippen LogP contribution in [0.1, 0.15) is 19.3 Å². The van der Waals surface area contributed by atoms with Crippen molar-refractivity contribution in [3.63, 3.8) is 0 Å². The van der Waals surface area contributed by atoms with Crippen LogP contribution in [0.2, 0.25) is 0 Å².